The van der Waals surface area contributed by atoms with Crippen LogP contribution in [0.5, 0.6) is 0 Å². The number of aliphatic carboxylic acids is 1. The lowest BCUT2D eigenvalue weighted by Crippen LogP contribution is -2.48. The summed E-state index contributed by atoms with van der Waals surface area (Å²) in [5.74, 6) is -1.52. The summed E-state index contributed by atoms with van der Waals surface area (Å²) in [6.07, 6.45) is 0. The number of carbonyl (C=O) groups excluding carboxylic acids is 1. The highest BCUT2D eigenvalue weighted by atomic mass is 32.2. The first kappa shape index (κ1) is 17.3. The molecule has 0 saturated heterocycles. The van der Waals surface area contributed by atoms with Crippen LogP contribution in [-0.4, -0.2) is 31.3 Å². The van der Waals surface area contributed by atoms with E-state index in [0.29, 0.717) is 0 Å². The predicted molar refractivity (Wildman–Crippen MR) is 77.6 cm³/mol. The van der Waals surface area contributed by atoms with Gasteiger partial charge in [0.2, 0.25) is 10.0 Å². The Balaban J connectivity index is 3.20. The molecule has 2 N–H and O–H groups in total. The molecule has 1 aromatic carbocycles. The Bertz CT molecular complexity index is 658. The lowest BCUT2D eigenvalue weighted by molar-refractivity contribution is -0.141. The molecule has 0 fully saturated rings. The number of carboxylic acids is 1. The van der Waals surface area contributed by atoms with E-state index in [4.69, 9.17) is 0 Å². The van der Waals surface area contributed by atoms with E-state index in [-0.39, 0.29) is 16.2 Å². The topological polar surface area (TPSA) is 101 Å². The molecule has 1 rings (SSSR count). The Morgan fingerprint density at radius 1 is 1.24 bits per heavy atom. The second kappa shape index (κ2) is 5.95. The minimum Gasteiger partial charge on any atom is -0.480 e. The normalized spacial score (nSPS) is 13.7. The third-order valence-electron chi connectivity index (χ3n) is 2.94. The molecule has 1 aromatic rings. The molecular weight excluding hydrogens is 294 g/mol. The van der Waals surface area contributed by atoms with E-state index in [0.717, 1.165) is 0 Å². The first-order valence-corrected chi connectivity index (χ1v) is 7.79. The standard InChI is InChI=1S/C14H19NO5S/c1-9(16)10-6-5-7-11(8-10)21(19,20)15-12(13(17)18)14(2,3)4/h5-8,12,15H,1-4H3,(H,17,18). The van der Waals surface area contributed by atoms with E-state index in [9.17, 15) is 23.1 Å². The van der Waals surface area contributed by atoms with Crippen molar-refractivity contribution in [3.63, 3.8) is 0 Å². The minimum atomic E-state index is -4.03. The number of benzene rings is 1. The maximum absolute atomic E-state index is 12.3. The Morgan fingerprint density at radius 2 is 1.81 bits per heavy atom. The van der Waals surface area contributed by atoms with Crippen LogP contribution in [0.2, 0.25) is 0 Å². The molecule has 6 nitrogen and oxygen atoms in total. The van der Waals surface area contributed by atoms with Crippen molar-refractivity contribution in [2.24, 2.45) is 5.41 Å². The van der Waals surface area contributed by atoms with Crippen molar-refractivity contribution in [3.8, 4) is 0 Å². The highest BCUT2D eigenvalue weighted by Gasteiger charge is 2.35. The molecule has 0 aliphatic carbocycles. The van der Waals surface area contributed by atoms with Crippen molar-refractivity contribution < 1.29 is 23.1 Å². The van der Waals surface area contributed by atoms with Gasteiger partial charge in [0.05, 0.1) is 4.90 Å². The van der Waals surface area contributed by atoms with Gasteiger partial charge in [0, 0.05) is 5.56 Å². The SMILES string of the molecule is CC(=O)c1cccc(S(=O)(=O)NC(C(=O)O)C(C)(C)C)c1. The van der Waals surface area contributed by atoms with Crippen LogP contribution in [0.15, 0.2) is 29.2 Å². The fourth-order valence-corrected chi connectivity index (χ4v) is 3.14. The summed E-state index contributed by atoms with van der Waals surface area (Å²) >= 11 is 0. The van der Waals surface area contributed by atoms with Crippen molar-refractivity contribution in [2.75, 3.05) is 0 Å². The zero-order valence-corrected chi connectivity index (χ0v) is 13.2. The number of nitrogens with one attached hydrogen (secondary N) is 1. The van der Waals surface area contributed by atoms with Crippen LogP contribution in [0.3, 0.4) is 0 Å². The maximum atomic E-state index is 12.3. The van der Waals surface area contributed by atoms with Gasteiger partial charge < -0.3 is 5.11 Å². The first-order valence-electron chi connectivity index (χ1n) is 6.31. The Labute approximate surface area is 124 Å². The van der Waals surface area contributed by atoms with Crippen LogP contribution in [0.25, 0.3) is 0 Å². The molecule has 116 valence electrons. The Kier molecular flexibility index (Phi) is 4.91. The number of carboxylic acid groups (broad SMARTS) is 1. The van der Waals surface area contributed by atoms with Gasteiger partial charge in [-0.3, -0.25) is 9.59 Å². The van der Waals surface area contributed by atoms with Gasteiger partial charge in [-0.1, -0.05) is 32.9 Å². The summed E-state index contributed by atoms with van der Waals surface area (Å²) in [6.45, 7) is 6.20. The van der Waals surface area contributed by atoms with E-state index in [1.54, 1.807) is 20.8 Å². The molecule has 0 amide bonds. The molecule has 0 aromatic heterocycles. The van der Waals surface area contributed by atoms with Crippen LogP contribution >= 0.6 is 0 Å². The maximum Gasteiger partial charge on any atom is 0.322 e. The molecule has 0 radical (unpaired) electrons. The minimum absolute atomic E-state index is 0.134. The van der Waals surface area contributed by atoms with Gasteiger partial charge in [0.1, 0.15) is 6.04 Å². The lowest BCUT2D eigenvalue weighted by atomic mass is 9.88. The van der Waals surface area contributed by atoms with Crippen molar-refractivity contribution in [1.82, 2.24) is 4.72 Å². The fraction of sp³-hybridized carbons (Fsp3) is 0.429. The second-order valence-corrected chi connectivity index (χ2v) is 7.56. The van der Waals surface area contributed by atoms with E-state index in [1.807, 2.05) is 0 Å². The molecule has 21 heavy (non-hydrogen) atoms. The van der Waals surface area contributed by atoms with Gasteiger partial charge in [-0.2, -0.15) is 4.72 Å². The quantitative estimate of drug-likeness (QED) is 0.805. The number of hydrogen-bond acceptors (Lipinski definition) is 4. The predicted octanol–water partition coefficient (Wildman–Crippen LogP) is 1.67. The molecule has 1 unspecified atom stereocenters. The van der Waals surface area contributed by atoms with Gasteiger partial charge >= 0.3 is 5.97 Å². The summed E-state index contributed by atoms with van der Waals surface area (Å²) in [7, 11) is -4.03. The van der Waals surface area contributed by atoms with E-state index in [1.165, 1.54) is 31.2 Å². The summed E-state index contributed by atoms with van der Waals surface area (Å²) in [4.78, 5) is 22.4. The van der Waals surface area contributed by atoms with Crippen molar-refractivity contribution in [3.05, 3.63) is 29.8 Å². The Hall–Kier alpha value is -1.73. The van der Waals surface area contributed by atoms with Crippen LogP contribution in [0.4, 0.5) is 0 Å². The smallest absolute Gasteiger partial charge is 0.322 e. The van der Waals surface area contributed by atoms with Crippen LogP contribution in [-0.2, 0) is 14.8 Å². The fourth-order valence-electron chi connectivity index (χ4n) is 1.70. The Morgan fingerprint density at radius 3 is 2.24 bits per heavy atom. The zero-order valence-electron chi connectivity index (χ0n) is 12.4. The summed E-state index contributed by atoms with van der Waals surface area (Å²) in [5, 5.41) is 9.18. The van der Waals surface area contributed by atoms with Crippen LogP contribution in [0.1, 0.15) is 38.1 Å². The number of hydrogen-bond donors (Lipinski definition) is 2. The monoisotopic (exact) mass is 313 g/mol. The third-order valence-corrected chi connectivity index (χ3v) is 4.36. The zero-order chi connectivity index (χ0) is 16.4. The highest BCUT2D eigenvalue weighted by molar-refractivity contribution is 7.89. The van der Waals surface area contributed by atoms with Gasteiger partial charge in [-0.15, -0.1) is 0 Å². The van der Waals surface area contributed by atoms with E-state index in [2.05, 4.69) is 4.72 Å². The second-order valence-electron chi connectivity index (χ2n) is 5.84. The highest BCUT2D eigenvalue weighted by Crippen LogP contribution is 2.22. The molecule has 7 heteroatoms. The number of rotatable bonds is 5. The average molecular weight is 313 g/mol. The number of sulfonamides is 1. The van der Waals surface area contributed by atoms with Gasteiger partial charge in [0.15, 0.2) is 5.78 Å². The summed E-state index contributed by atoms with van der Waals surface area (Å²) in [5.41, 5.74) is -0.544. The van der Waals surface area contributed by atoms with Crippen LogP contribution in [0, 0.1) is 5.41 Å². The number of Topliss-reactive ketones (excluding diaryl/α,β-unsaturated/α-hetero) is 1. The molecular formula is C14H19NO5S. The molecule has 0 bridgehead atoms. The number of carbonyl (C=O) groups is 2. The average Bonchev–Trinajstić information content (AvgIpc) is 2.34. The largest absolute Gasteiger partial charge is 0.480 e. The molecule has 0 aliphatic rings. The molecule has 0 saturated carbocycles. The van der Waals surface area contributed by atoms with Gasteiger partial charge in [-0.05, 0) is 24.5 Å². The molecule has 1 atom stereocenters. The summed E-state index contributed by atoms with van der Waals surface area (Å²) in [6, 6.07) is 4.21. The van der Waals surface area contributed by atoms with E-state index >= 15 is 0 Å². The van der Waals surface area contributed by atoms with Gasteiger partial charge in [0.25, 0.3) is 0 Å². The van der Waals surface area contributed by atoms with E-state index < -0.39 is 27.4 Å². The van der Waals surface area contributed by atoms with Crippen molar-refractivity contribution in [1.29, 1.82) is 0 Å². The van der Waals surface area contributed by atoms with Gasteiger partial charge in [-0.25, -0.2) is 8.42 Å². The molecule has 0 spiro atoms. The molecule has 0 aliphatic heterocycles. The van der Waals surface area contributed by atoms with Crippen molar-refractivity contribution in [2.45, 2.75) is 38.6 Å². The molecule has 0 heterocycles. The lowest BCUT2D eigenvalue weighted by Gasteiger charge is -2.27. The first-order chi connectivity index (χ1) is 9.45. The third kappa shape index (κ3) is 4.37. The van der Waals surface area contributed by atoms with Crippen LogP contribution < -0.4 is 4.72 Å². The van der Waals surface area contributed by atoms with Crippen molar-refractivity contribution >= 4 is 21.8 Å². The number of ketones is 1. The summed E-state index contributed by atoms with van der Waals surface area (Å²) < 4.78 is 26.7.